The predicted molar refractivity (Wildman–Crippen MR) is 87.7 cm³/mol. The van der Waals surface area contributed by atoms with Crippen LogP contribution in [0.2, 0.25) is 0 Å². The molecule has 1 amide bonds. The first-order valence-corrected chi connectivity index (χ1v) is 7.99. The van der Waals surface area contributed by atoms with Crippen molar-refractivity contribution in [1.29, 1.82) is 0 Å². The lowest BCUT2D eigenvalue weighted by molar-refractivity contribution is -0.114. The number of amides is 1. The maximum Gasteiger partial charge on any atom is 0.338 e. The van der Waals surface area contributed by atoms with E-state index < -0.39 is 5.97 Å². The van der Waals surface area contributed by atoms with Crippen molar-refractivity contribution in [2.45, 2.75) is 65.7 Å². The monoisotopic (exact) mass is 303 g/mol. The second-order valence-corrected chi connectivity index (χ2v) is 6.36. The van der Waals surface area contributed by atoms with Gasteiger partial charge in [-0.25, -0.2) is 4.79 Å². The molecule has 120 valence electrons. The number of hydrogen-bond acceptors (Lipinski definition) is 2. The molecule has 1 fully saturated rings. The van der Waals surface area contributed by atoms with E-state index in [4.69, 9.17) is 0 Å². The molecule has 1 aliphatic carbocycles. The fourth-order valence-corrected chi connectivity index (χ4v) is 3.66. The first-order chi connectivity index (χ1) is 10.3. The zero-order chi connectivity index (χ0) is 16.4. The maximum atomic E-state index is 11.8. The number of benzene rings is 1. The van der Waals surface area contributed by atoms with Gasteiger partial charge >= 0.3 is 5.97 Å². The van der Waals surface area contributed by atoms with Gasteiger partial charge in [0, 0.05) is 6.92 Å². The van der Waals surface area contributed by atoms with Gasteiger partial charge in [-0.05, 0) is 61.8 Å². The zero-order valence-electron chi connectivity index (χ0n) is 13.9. The smallest absolute Gasteiger partial charge is 0.338 e. The van der Waals surface area contributed by atoms with E-state index in [0.29, 0.717) is 11.6 Å². The van der Waals surface area contributed by atoms with E-state index >= 15 is 0 Å². The van der Waals surface area contributed by atoms with Gasteiger partial charge in [0.1, 0.15) is 0 Å². The van der Waals surface area contributed by atoms with Crippen LogP contribution < -0.4 is 5.32 Å². The number of anilines is 1. The molecule has 1 aliphatic rings. The molecule has 2 N–H and O–H groups in total. The summed E-state index contributed by atoms with van der Waals surface area (Å²) in [6.45, 7) is 7.27. The summed E-state index contributed by atoms with van der Waals surface area (Å²) in [4.78, 5) is 23.4. The molecule has 1 saturated carbocycles. The molecule has 0 unspecified atom stereocenters. The van der Waals surface area contributed by atoms with Gasteiger partial charge in [-0.2, -0.15) is 0 Å². The lowest BCUT2D eigenvalue weighted by atomic mass is 9.78. The van der Waals surface area contributed by atoms with Crippen LogP contribution in [0.15, 0.2) is 0 Å². The highest BCUT2D eigenvalue weighted by Gasteiger charge is 2.28. The molecule has 0 aromatic heterocycles. The van der Waals surface area contributed by atoms with Gasteiger partial charge in [-0.15, -0.1) is 0 Å². The van der Waals surface area contributed by atoms with Crippen LogP contribution >= 0.6 is 0 Å². The van der Waals surface area contributed by atoms with Crippen LogP contribution in [0, 0.1) is 20.8 Å². The lowest BCUT2D eigenvalue weighted by Gasteiger charge is -2.29. The summed E-state index contributed by atoms with van der Waals surface area (Å²) >= 11 is 0. The normalized spacial score (nSPS) is 15.6. The fourth-order valence-electron chi connectivity index (χ4n) is 3.66. The number of hydrogen-bond donors (Lipinski definition) is 2. The van der Waals surface area contributed by atoms with Crippen molar-refractivity contribution in [3.05, 3.63) is 27.8 Å². The average Bonchev–Trinajstić information content (AvgIpc) is 2.45. The number of aromatic carboxylic acids is 1. The molecule has 2 rings (SSSR count). The molecule has 0 spiro atoms. The van der Waals surface area contributed by atoms with E-state index in [2.05, 4.69) is 5.32 Å². The zero-order valence-corrected chi connectivity index (χ0v) is 13.9. The van der Waals surface area contributed by atoms with Crippen LogP contribution in [-0.4, -0.2) is 17.0 Å². The Morgan fingerprint density at radius 2 is 1.59 bits per heavy atom. The fraction of sp³-hybridized carbons (Fsp3) is 0.556. The predicted octanol–water partition coefficient (Wildman–Crippen LogP) is 4.32. The van der Waals surface area contributed by atoms with E-state index in [0.717, 1.165) is 35.1 Å². The number of carboxylic acids is 1. The van der Waals surface area contributed by atoms with Crippen molar-refractivity contribution in [2.75, 3.05) is 5.32 Å². The first-order valence-electron chi connectivity index (χ1n) is 7.99. The third-order valence-electron chi connectivity index (χ3n) is 4.95. The number of rotatable bonds is 3. The van der Waals surface area contributed by atoms with Gasteiger partial charge < -0.3 is 10.4 Å². The molecule has 0 atom stereocenters. The highest BCUT2D eigenvalue weighted by atomic mass is 16.4. The average molecular weight is 303 g/mol. The van der Waals surface area contributed by atoms with Crippen LogP contribution in [0.5, 0.6) is 0 Å². The molecule has 4 nitrogen and oxygen atoms in total. The molecular weight excluding hydrogens is 278 g/mol. The summed E-state index contributed by atoms with van der Waals surface area (Å²) < 4.78 is 0. The minimum Gasteiger partial charge on any atom is -0.478 e. The van der Waals surface area contributed by atoms with Crippen molar-refractivity contribution in [3.63, 3.8) is 0 Å². The van der Waals surface area contributed by atoms with Crippen LogP contribution in [0.25, 0.3) is 0 Å². The first kappa shape index (κ1) is 16.5. The SMILES string of the molecule is CC(=O)Nc1c(C(=O)O)c(C)c(C)c(C)c1C1CCCCC1. The van der Waals surface area contributed by atoms with Gasteiger partial charge in [0.25, 0.3) is 0 Å². The molecule has 22 heavy (non-hydrogen) atoms. The van der Waals surface area contributed by atoms with Crippen LogP contribution in [0.3, 0.4) is 0 Å². The molecule has 0 bridgehead atoms. The Morgan fingerprint density at radius 3 is 2.09 bits per heavy atom. The summed E-state index contributed by atoms with van der Waals surface area (Å²) in [5.41, 5.74) is 4.69. The lowest BCUT2D eigenvalue weighted by Crippen LogP contribution is -2.19. The van der Waals surface area contributed by atoms with Crippen molar-refractivity contribution >= 4 is 17.6 Å². The van der Waals surface area contributed by atoms with Crippen molar-refractivity contribution < 1.29 is 14.7 Å². The third-order valence-corrected chi connectivity index (χ3v) is 4.95. The summed E-state index contributed by atoms with van der Waals surface area (Å²) in [5, 5.41) is 12.5. The topological polar surface area (TPSA) is 66.4 Å². The van der Waals surface area contributed by atoms with E-state index in [1.54, 1.807) is 0 Å². The molecule has 1 aromatic carbocycles. The standard InChI is InChI=1S/C18H25NO3/c1-10-11(2)15(14-8-6-5-7-9-14)17(19-13(4)20)16(12(10)3)18(21)22/h14H,5-9H2,1-4H3,(H,19,20)(H,21,22). The van der Waals surface area contributed by atoms with Gasteiger partial charge in [0.2, 0.25) is 5.91 Å². The summed E-state index contributed by atoms with van der Waals surface area (Å²) in [6.07, 6.45) is 5.70. The number of carbonyl (C=O) groups excluding carboxylic acids is 1. The Bertz CT molecular complexity index is 613. The Hall–Kier alpha value is -1.84. The summed E-state index contributed by atoms with van der Waals surface area (Å²) in [7, 11) is 0. The second-order valence-electron chi connectivity index (χ2n) is 6.36. The second kappa shape index (κ2) is 6.51. The molecule has 4 heteroatoms. The van der Waals surface area contributed by atoms with Crippen molar-refractivity contribution in [3.8, 4) is 0 Å². The highest BCUT2D eigenvalue weighted by Crippen LogP contribution is 2.42. The Balaban J connectivity index is 2.72. The van der Waals surface area contributed by atoms with Crippen LogP contribution in [0.1, 0.15) is 77.6 Å². The summed E-state index contributed by atoms with van der Waals surface area (Å²) in [6, 6.07) is 0. The number of carboxylic acid groups (broad SMARTS) is 1. The van der Waals surface area contributed by atoms with E-state index in [1.807, 2.05) is 20.8 Å². The van der Waals surface area contributed by atoms with E-state index in [9.17, 15) is 14.7 Å². The molecular formula is C18H25NO3. The Labute approximate surface area is 131 Å². The third kappa shape index (κ3) is 3.01. The van der Waals surface area contributed by atoms with Crippen LogP contribution in [-0.2, 0) is 4.79 Å². The Morgan fingerprint density at radius 1 is 1.00 bits per heavy atom. The molecule has 0 saturated heterocycles. The van der Waals surface area contributed by atoms with Crippen molar-refractivity contribution in [2.24, 2.45) is 0 Å². The van der Waals surface area contributed by atoms with E-state index in [1.165, 1.54) is 26.2 Å². The van der Waals surface area contributed by atoms with Crippen molar-refractivity contribution in [1.82, 2.24) is 0 Å². The minimum atomic E-state index is -0.971. The van der Waals surface area contributed by atoms with Gasteiger partial charge in [0.05, 0.1) is 11.3 Å². The molecule has 0 aliphatic heterocycles. The number of nitrogens with one attached hydrogen (secondary N) is 1. The highest BCUT2D eigenvalue weighted by molar-refractivity contribution is 6.03. The quantitative estimate of drug-likeness (QED) is 0.874. The van der Waals surface area contributed by atoms with Gasteiger partial charge in [0.15, 0.2) is 0 Å². The van der Waals surface area contributed by atoms with Gasteiger partial charge in [-0.1, -0.05) is 19.3 Å². The van der Waals surface area contributed by atoms with E-state index in [-0.39, 0.29) is 11.5 Å². The minimum absolute atomic E-state index is 0.220. The molecule has 1 aromatic rings. The largest absolute Gasteiger partial charge is 0.478 e. The molecule has 0 heterocycles. The summed E-state index contributed by atoms with van der Waals surface area (Å²) in [5.74, 6) is -0.850. The number of carbonyl (C=O) groups is 2. The van der Waals surface area contributed by atoms with Gasteiger partial charge in [-0.3, -0.25) is 4.79 Å². The van der Waals surface area contributed by atoms with Crippen LogP contribution in [0.4, 0.5) is 5.69 Å². The maximum absolute atomic E-state index is 11.8. The molecule has 0 radical (unpaired) electrons. The Kier molecular flexibility index (Phi) is 4.89.